The molecule has 2 rings (SSSR count). The monoisotopic (exact) mass is 371 g/mol. The van der Waals surface area contributed by atoms with Crippen LogP contribution in [0.25, 0.3) is 0 Å². The van der Waals surface area contributed by atoms with E-state index in [0.717, 1.165) is 12.2 Å². The molecule has 107 valence electrons. The van der Waals surface area contributed by atoms with Gasteiger partial charge in [0.05, 0.1) is 6.26 Å². The molecular weight excluding hydrogens is 364 g/mol. The number of hydrogen-bond donors (Lipinski definition) is 0. The minimum Gasteiger partial charge on any atom is -0.672 e. The summed E-state index contributed by atoms with van der Waals surface area (Å²) in [6, 6.07) is 8.08. The van der Waals surface area contributed by atoms with Crippen molar-refractivity contribution in [2.24, 2.45) is 0 Å². The van der Waals surface area contributed by atoms with Gasteiger partial charge >= 0.3 is 40.1 Å². The third-order valence-corrected chi connectivity index (χ3v) is 1.60. The Morgan fingerprint density at radius 3 is 1.90 bits per heavy atom. The molecule has 0 amide bonds. The molecule has 1 aliphatic heterocycles. The molecule has 1 radical (unpaired) electrons. The number of fused-ring (bicyclic) bond motifs is 1. The van der Waals surface area contributed by atoms with Crippen LogP contribution in [0.15, 0.2) is 36.6 Å². The molecular formula is C9H8CuMgO7Si2. The van der Waals surface area contributed by atoms with Gasteiger partial charge in [0, 0.05) is 18.3 Å². The average Bonchev–Trinajstić information content (AvgIpc) is 2.28. The zero-order valence-electron chi connectivity index (χ0n) is 10.0. The third kappa shape index (κ3) is 15.3. The first kappa shape index (κ1) is 24.3. The van der Waals surface area contributed by atoms with Gasteiger partial charge in [0.1, 0.15) is 5.75 Å². The second-order valence-electron chi connectivity index (χ2n) is 2.80. The Balaban J connectivity index is -0.000000251. The van der Waals surface area contributed by atoms with E-state index in [2.05, 4.69) is 6.07 Å². The Bertz CT molecular complexity index is 397. The number of ether oxygens (including phenoxy) is 1. The van der Waals surface area contributed by atoms with Crippen molar-refractivity contribution < 1.29 is 49.9 Å². The van der Waals surface area contributed by atoms with E-state index in [-0.39, 0.29) is 40.1 Å². The number of allylic oxidation sites excluding steroid dienone is 1. The number of rotatable bonds is 0. The Morgan fingerprint density at radius 2 is 1.45 bits per heavy atom. The van der Waals surface area contributed by atoms with Crippen molar-refractivity contribution in [3.05, 3.63) is 42.2 Å². The molecule has 0 N–H and O–H groups in total. The molecule has 7 nitrogen and oxygen atoms in total. The van der Waals surface area contributed by atoms with Crippen LogP contribution in [-0.4, -0.2) is 41.4 Å². The fourth-order valence-corrected chi connectivity index (χ4v) is 1.08. The zero-order valence-corrected chi connectivity index (χ0v) is 14.4. The van der Waals surface area contributed by atoms with E-state index in [1.54, 1.807) is 6.26 Å². The summed E-state index contributed by atoms with van der Waals surface area (Å²) in [7, 11) is -7.26. The van der Waals surface area contributed by atoms with Gasteiger partial charge in [-0.15, -0.1) is 0 Å². The maximum atomic E-state index is 8.52. The fraction of sp³-hybridized carbons (Fsp3) is 0.111. The first-order valence-electron chi connectivity index (χ1n) is 4.59. The summed E-state index contributed by atoms with van der Waals surface area (Å²) in [4.78, 5) is 34.1. The molecule has 11 heteroatoms. The van der Waals surface area contributed by atoms with E-state index in [4.69, 9.17) is 32.8 Å². The van der Waals surface area contributed by atoms with E-state index in [9.17, 15) is 0 Å². The standard InChI is InChI=1S/C9H8O.Cu.Mg.2O3Si/c1-2-6-9-8(4-1)5-3-7-10-9;;;2*1-4(2)3/h1-4,6-7H,5H2;;;;/q;2*+2;2*-2. The molecule has 1 aromatic rings. The van der Waals surface area contributed by atoms with Crippen LogP contribution in [0.5, 0.6) is 5.75 Å². The average molecular weight is 372 g/mol. The van der Waals surface area contributed by atoms with Crippen molar-refractivity contribution in [1.82, 2.24) is 0 Å². The summed E-state index contributed by atoms with van der Waals surface area (Å²) in [6.07, 6.45) is 4.75. The molecule has 0 spiro atoms. The van der Waals surface area contributed by atoms with Gasteiger partial charge in [0.2, 0.25) is 0 Å². The Morgan fingerprint density at radius 1 is 1.00 bits per heavy atom. The SMILES string of the molecule is C1=COc2ccccc2C1.O=[Si]([O-])[O-].O=[Si]([O-])[O-].[Cu+2].[Mg+2]. The van der Waals surface area contributed by atoms with Gasteiger partial charge in [-0.3, -0.25) is 0 Å². The Kier molecular flexibility index (Phi) is 17.8. The van der Waals surface area contributed by atoms with Gasteiger partial charge in [-0.05, 0) is 24.1 Å². The summed E-state index contributed by atoms with van der Waals surface area (Å²) in [6.45, 7) is 0. The van der Waals surface area contributed by atoms with Crippen molar-refractivity contribution in [2.45, 2.75) is 6.42 Å². The molecule has 1 heterocycles. The van der Waals surface area contributed by atoms with Gasteiger partial charge in [-0.2, -0.15) is 0 Å². The van der Waals surface area contributed by atoms with Crippen molar-refractivity contribution in [2.75, 3.05) is 0 Å². The normalized spacial score (nSPS) is 9.40. The van der Waals surface area contributed by atoms with Crippen LogP contribution in [0.1, 0.15) is 5.56 Å². The van der Waals surface area contributed by atoms with Crippen LogP contribution >= 0.6 is 0 Å². The summed E-state index contributed by atoms with van der Waals surface area (Å²) < 4.78 is 22.3. The largest absolute Gasteiger partial charge is 2.00 e. The molecule has 0 fully saturated rings. The minimum absolute atomic E-state index is 0. The molecule has 20 heavy (non-hydrogen) atoms. The summed E-state index contributed by atoms with van der Waals surface area (Å²) in [5, 5.41) is 0. The topological polar surface area (TPSA) is 136 Å². The molecule has 0 bridgehead atoms. The first-order valence-corrected chi connectivity index (χ1v) is 7.04. The van der Waals surface area contributed by atoms with Crippen molar-refractivity contribution in [3.63, 3.8) is 0 Å². The Hall–Kier alpha value is -0.721. The van der Waals surface area contributed by atoms with Crippen LogP contribution in [0.3, 0.4) is 0 Å². The van der Waals surface area contributed by atoms with E-state index in [1.807, 2.05) is 24.3 Å². The predicted molar refractivity (Wildman–Crippen MR) is 58.5 cm³/mol. The van der Waals surface area contributed by atoms with E-state index < -0.39 is 18.3 Å². The second kappa shape index (κ2) is 14.7. The maximum Gasteiger partial charge on any atom is 2.00 e. The second-order valence-corrected chi connectivity index (χ2v) is 3.80. The van der Waals surface area contributed by atoms with E-state index in [0.29, 0.717) is 0 Å². The quantitative estimate of drug-likeness (QED) is 0.424. The molecule has 0 saturated carbocycles. The molecule has 1 aromatic carbocycles. The van der Waals surface area contributed by atoms with Crippen molar-refractivity contribution in [1.29, 1.82) is 0 Å². The van der Waals surface area contributed by atoms with Gasteiger partial charge < -0.3 is 32.8 Å². The predicted octanol–water partition coefficient (Wildman–Crippen LogP) is -4.00. The molecule has 0 atom stereocenters. The summed E-state index contributed by atoms with van der Waals surface area (Å²) in [5.41, 5.74) is 1.27. The number of para-hydroxylation sites is 1. The van der Waals surface area contributed by atoms with Crippen molar-refractivity contribution >= 4 is 41.4 Å². The van der Waals surface area contributed by atoms with Crippen LogP contribution in [-0.2, 0) is 32.4 Å². The molecule has 1 aliphatic rings. The number of benzene rings is 1. The molecule has 0 aromatic heterocycles. The van der Waals surface area contributed by atoms with Crippen LogP contribution in [0, 0.1) is 0 Å². The molecule has 0 unspecified atom stereocenters. The third-order valence-electron chi connectivity index (χ3n) is 1.60. The van der Waals surface area contributed by atoms with Gasteiger partial charge in [-0.1, -0.05) is 18.2 Å². The molecule has 0 saturated heterocycles. The maximum absolute atomic E-state index is 8.52. The summed E-state index contributed by atoms with van der Waals surface area (Å²) >= 11 is 0. The van der Waals surface area contributed by atoms with E-state index >= 15 is 0 Å². The zero-order chi connectivity index (χ0) is 14.0. The summed E-state index contributed by atoms with van der Waals surface area (Å²) in [5.74, 6) is 0.991. The number of hydrogen-bond acceptors (Lipinski definition) is 7. The fourth-order valence-electron chi connectivity index (χ4n) is 1.08. The van der Waals surface area contributed by atoms with Crippen molar-refractivity contribution in [3.8, 4) is 5.75 Å². The first-order chi connectivity index (χ1) is 8.43. The van der Waals surface area contributed by atoms with Crippen LogP contribution in [0.4, 0.5) is 0 Å². The minimum atomic E-state index is -3.63. The van der Waals surface area contributed by atoms with Crippen LogP contribution in [0.2, 0.25) is 0 Å². The van der Waals surface area contributed by atoms with Gasteiger partial charge in [-0.25, -0.2) is 0 Å². The Labute approximate surface area is 145 Å². The smallest absolute Gasteiger partial charge is 0.672 e. The molecule has 0 aliphatic carbocycles. The van der Waals surface area contributed by atoms with E-state index in [1.165, 1.54) is 5.56 Å². The van der Waals surface area contributed by atoms with Crippen LogP contribution < -0.4 is 23.9 Å². The van der Waals surface area contributed by atoms with Gasteiger partial charge in [0.25, 0.3) is 0 Å². The van der Waals surface area contributed by atoms with Gasteiger partial charge in [0.15, 0.2) is 0 Å².